The summed E-state index contributed by atoms with van der Waals surface area (Å²) in [5.41, 5.74) is 0. The molecule has 0 saturated carbocycles. The summed E-state index contributed by atoms with van der Waals surface area (Å²) in [5, 5.41) is -0.765. The van der Waals surface area contributed by atoms with Crippen molar-refractivity contribution in [2.75, 3.05) is 0 Å². The lowest BCUT2D eigenvalue weighted by molar-refractivity contribution is 0.560. The maximum atomic E-state index is 12.7. The van der Waals surface area contributed by atoms with Gasteiger partial charge in [-0.25, -0.2) is 17.8 Å². The first-order valence-electron chi connectivity index (χ1n) is 2.68. The minimum absolute atomic E-state index is 0.211. The van der Waals surface area contributed by atoms with Crippen molar-refractivity contribution in [2.45, 2.75) is 5.03 Å². The summed E-state index contributed by atoms with van der Waals surface area (Å²) in [6.45, 7) is 0. The number of hydrogen-bond acceptors (Lipinski definition) is 3. The topological polar surface area (TPSA) is 47.0 Å². The number of rotatable bonds is 1. The summed E-state index contributed by atoms with van der Waals surface area (Å²) in [4.78, 5) is 3.37. The van der Waals surface area contributed by atoms with E-state index in [1.54, 1.807) is 0 Å². The van der Waals surface area contributed by atoms with Crippen molar-refractivity contribution in [2.24, 2.45) is 0 Å². The van der Waals surface area contributed by atoms with Gasteiger partial charge in [0.2, 0.25) is 5.03 Å². The van der Waals surface area contributed by atoms with Crippen molar-refractivity contribution in [1.29, 1.82) is 0 Å². The van der Waals surface area contributed by atoms with E-state index in [1.807, 2.05) is 0 Å². The number of nitrogens with zero attached hydrogens (tertiary/aromatic N) is 1. The molecule has 0 aromatic carbocycles. The third kappa shape index (κ3) is 2.15. The zero-order valence-corrected chi connectivity index (χ0v) is 8.62. The smallest absolute Gasteiger partial charge is 0.225 e. The van der Waals surface area contributed by atoms with Crippen molar-refractivity contribution >= 4 is 35.7 Å². The second-order valence-electron chi connectivity index (χ2n) is 1.86. The molecule has 0 unspecified atom stereocenters. The van der Waals surface area contributed by atoms with Gasteiger partial charge in [-0.15, -0.1) is 0 Å². The first-order valence-corrected chi connectivity index (χ1v) is 5.78. The average Bonchev–Trinajstić information content (AvgIpc) is 1.92. The lowest BCUT2D eigenvalue weighted by atomic mass is 10.5. The van der Waals surface area contributed by atoms with Crippen LogP contribution < -0.4 is 0 Å². The molecule has 0 amide bonds. The van der Waals surface area contributed by atoms with Crippen LogP contribution in [0.1, 0.15) is 0 Å². The van der Waals surface area contributed by atoms with Gasteiger partial charge >= 0.3 is 0 Å². The molecule has 66 valence electrons. The number of aromatic nitrogens is 1. The minimum atomic E-state index is -4.10. The van der Waals surface area contributed by atoms with Crippen LogP contribution in [0.3, 0.4) is 0 Å². The van der Waals surface area contributed by atoms with Gasteiger partial charge < -0.3 is 0 Å². The Kier molecular flexibility index (Phi) is 2.70. The van der Waals surface area contributed by atoms with Gasteiger partial charge in [-0.1, -0.05) is 0 Å². The third-order valence-corrected chi connectivity index (χ3v) is 2.64. The molecule has 0 aliphatic heterocycles. The van der Waals surface area contributed by atoms with Crippen molar-refractivity contribution < 1.29 is 12.8 Å². The molecule has 3 nitrogen and oxygen atoms in total. The normalized spacial score (nSPS) is 11.6. The van der Waals surface area contributed by atoms with E-state index < -0.39 is 19.9 Å². The van der Waals surface area contributed by atoms with Crippen LogP contribution in [-0.2, 0) is 9.05 Å². The highest BCUT2D eigenvalue weighted by Crippen LogP contribution is 2.18. The van der Waals surface area contributed by atoms with Gasteiger partial charge in [-0.05, 0) is 28.1 Å². The molecule has 0 atom stereocenters. The Labute approximate surface area is 81.1 Å². The second-order valence-corrected chi connectivity index (χ2v) is 5.15. The van der Waals surface area contributed by atoms with Crippen LogP contribution >= 0.6 is 26.6 Å². The lowest BCUT2D eigenvalue weighted by Gasteiger charge is -1.96. The Hall–Kier alpha value is -0.200. The van der Waals surface area contributed by atoms with E-state index in [4.69, 9.17) is 10.7 Å². The zero-order valence-electron chi connectivity index (χ0n) is 5.46. The summed E-state index contributed by atoms with van der Waals surface area (Å²) in [6, 6.07) is 2.24. The quantitative estimate of drug-likeness (QED) is 0.580. The van der Waals surface area contributed by atoms with Crippen LogP contribution in [0.5, 0.6) is 0 Å². The first kappa shape index (κ1) is 9.88. The summed E-state index contributed by atoms with van der Waals surface area (Å²) in [7, 11) is 0.785. The van der Waals surface area contributed by atoms with Gasteiger partial charge in [0, 0.05) is 10.7 Å². The Bertz CT molecular complexity index is 408. The molecule has 0 bridgehead atoms. The summed E-state index contributed by atoms with van der Waals surface area (Å²) in [5.74, 6) is -0.965. The van der Waals surface area contributed by atoms with Crippen LogP contribution in [0.2, 0.25) is 0 Å². The minimum Gasteiger partial charge on any atom is -0.225 e. The maximum Gasteiger partial charge on any atom is 0.281 e. The van der Waals surface area contributed by atoms with E-state index in [-0.39, 0.29) is 4.60 Å². The highest BCUT2D eigenvalue weighted by Gasteiger charge is 2.17. The molecule has 0 N–H and O–H groups in total. The van der Waals surface area contributed by atoms with Crippen LogP contribution in [0.25, 0.3) is 0 Å². The Morgan fingerprint density at radius 1 is 1.50 bits per heavy atom. The molecule has 0 radical (unpaired) electrons. The molecule has 0 aliphatic carbocycles. The van der Waals surface area contributed by atoms with Gasteiger partial charge in [0.25, 0.3) is 9.05 Å². The van der Waals surface area contributed by atoms with Gasteiger partial charge in [0.05, 0.1) is 0 Å². The van der Waals surface area contributed by atoms with Crippen molar-refractivity contribution in [3.8, 4) is 0 Å². The molecule has 0 fully saturated rings. The largest absolute Gasteiger partial charge is 0.281 e. The summed E-state index contributed by atoms with van der Waals surface area (Å²) < 4.78 is 34.2. The second kappa shape index (κ2) is 3.27. The van der Waals surface area contributed by atoms with Crippen LogP contribution in [0.15, 0.2) is 21.8 Å². The fraction of sp³-hybridized carbons (Fsp3) is 0. The standard InChI is InChI=1S/C5H2BrClFNO2S/c6-4-2-1-3(8)5(9-4)12(7,10)11/h1-2H. The third-order valence-electron chi connectivity index (χ3n) is 1.01. The first-order chi connectivity index (χ1) is 5.41. The molecule has 7 heteroatoms. The average molecular weight is 274 g/mol. The number of halogens is 3. The Morgan fingerprint density at radius 3 is 2.50 bits per heavy atom. The molecule has 1 heterocycles. The summed E-state index contributed by atoms with van der Waals surface area (Å²) in [6.07, 6.45) is 0. The van der Waals surface area contributed by atoms with Crippen molar-refractivity contribution in [3.05, 3.63) is 22.6 Å². The van der Waals surface area contributed by atoms with E-state index in [0.29, 0.717) is 0 Å². The van der Waals surface area contributed by atoms with Gasteiger partial charge in [0.15, 0.2) is 5.82 Å². The van der Waals surface area contributed by atoms with E-state index >= 15 is 0 Å². The Morgan fingerprint density at radius 2 is 2.08 bits per heavy atom. The highest BCUT2D eigenvalue weighted by atomic mass is 79.9. The molecule has 1 rings (SSSR count). The van der Waals surface area contributed by atoms with Gasteiger partial charge in [-0.3, -0.25) is 0 Å². The van der Waals surface area contributed by atoms with Crippen molar-refractivity contribution in [3.63, 3.8) is 0 Å². The monoisotopic (exact) mass is 273 g/mol. The molecular weight excluding hydrogens is 272 g/mol. The number of pyridine rings is 1. The van der Waals surface area contributed by atoms with E-state index in [1.165, 1.54) is 6.07 Å². The van der Waals surface area contributed by atoms with Gasteiger partial charge in [0.1, 0.15) is 4.60 Å². The van der Waals surface area contributed by atoms with Crippen LogP contribution in [0, 0.1) is 5.82 Å². The SMILES string of the molecule is O=S(=O)(Cl)c1nc(Br)ccc1F. The fourth-order valence-electron chi connectivity index (χ4n) is 0.572. The predicted octanol–water partition coefficient (Wildman–Crippen LogP) is 1.91. The van der Waals surface area contributed by atoms with Crippen LogP contribution in [0.4, 0.5) is 4.39 Å². The molecule has 0 saturated heterocycles. The van der Waals surface area contributed by atoms with E-state index in [0.717, 1.165) is 6.07 Å². The van der Waals surface area contributed by atoms with E-state index in [9.17, 15) is 12.8 Å². The molecular formula is C5H2BrClFNO2S. The van der Waals surface area contributed by atoms with Crippen molar-refractivity contribution in [1.82, 2.24) is 4.98 Å². The predicted molar refractivity (Wildman–Crippen MR) is 44.9 cm³/mol. The summed E-state index contributed by atoms with van der Waals surface area (Å²) >= 11 is 2.89. The lowest BCUT2D eigenvalue weighted by Crippen LogP contribution is -1.99. The molecule has 12 heavy (non-hydrogen) atoms. The molecule has 1 aromatic heterocycles. The molecule has 0 spiro atoms. The fourth-order valence-corrected chi connectivity index (χ4v) is 1.83. The maximum absolute atomic E-state index is 12.7. The number of hydrogen-bond donors (Lipinski definition) is 0. The molecule has 1 aromatic rings. The van der Waals surface area contributed by atoms with Crippen LogP contribution in [-0.4, -0.2) is 13.4 Å². The van der Waals surface area contributed by atoms with Gasteiger partial charge in [-0.2, -0.15) is 0 Å². The zero-order chi connectivity index (χ0) is 9.35. The molecule has 0 aliphatic rings. The van der Waals surface area contributed by atoms with E-state index in [2.05, 4.69) is 20.9 Å². The highest BCUT2D eigenvalue weighted by molar-refractivity contribution is 9.10. The Balaban J connectivity index is 3.43.